The third-order valence-corrected chi connectivity index (χ3v) is 3.41. The van der Waals surface area contributed by atoms with Crippen LogP contribution in [0, 0.1) is 3.95 Å². The van der Waals surface area contributed by atoms with Crippen LogP contribution in [0.1, 0.15) is 18.1 Å². The number of aromatic amines is 1. The second kappa shape index (κ2) is 5.23. The Balaban J connectivity index is 2.07. The zero-order valence-corrected chi connectivity index (χ0v) is 10.6. The van der Waals surface area contributed by atoms with Crippen LogP contribution < -0.4 is 5.32 Å². The Morgan fingerprint density at radius 1 is 1.38 bits per heavy atom. The third kappa shape index (κ3) is 2.68. The molecule has 0 radical (unpaired) electrons. The number of nitrogens with zero attached hydrogens (tertiary/aromatic N) is 1. The number of aromatic nitrogens is 2. The number of nitrogens with one attached hydrogen (secondary N) is 2. The molecule has 0 bridgehead atoms. The predicted octanol–water partition coefficient (Wildman–Crippen LogP) is 3.38. The van der Waals surface area contributed by atoms with Crippen LogP contribution in [-0.4, -0.2) is 10.2 Å². The highest BCUT2D eigenvalue weighted by atomic mass is 32.1. The quantitative estimate of drug-likeness (QED) is 0.818. The zero-order chi connectivity index (χ0) is 11.4. The lowest BCUT2D eigenvalue weighted by Gasteiger charge is -2.07. The fourth-order valence-corrected chi connectivity index (χ4v) is 2.34. The van der Waals surface area contributed by atoms with E-state index < -0.39 is 0 Å². The predicted molar refractivity (Wildman–Crippen MR) is 70.4 cm³/mol. The average Bonchev–Trinajstić information content (AvgIpc) is 2.73. The van der Waals surface area contributed by atoms with E-state index in [9.17, 15) is 0 Å². The maximum absolute atomic E-state index is 4.97. The molecule has 2 aromatic rings. The van der Waals surface area contributed by atoms with Gasteiger partial charge in [-0.15, -0.1) is 5.10 Å². The van der Waals surface area contributed by atoms with E-state index in [0.717, 1.165) is 18.1 Å². The van der Waals surface area contributed by atoms with E-state index in [2.05, 4.69) is 46.7 Å². The lowest BCUT2D eigenvalue weighted by molar-refractivity contribution is 1.01. The summed E-state index contributed by atoms with van der Waals surface area (Å²) in [7, 11) is 0. The first-order valence-electron chi connectivity index (χ1n) is 5.15. The fourth-order valence-electron chi connectivity index (χ4n) is 1.55. The molecule has 0 fully saturated rings. The van der Waals surface area contributed by atoms with Gasteiger partial charge in [0.1, 0.15) is 0 Å². The molecule has 0 spiro atoms. The van der Waals surface area contributed by atoms with Crippen molar-refractivity contribution in [3.63, 3.8) is 0 Å². The number of hydrogen-bond donors (Lipinski definition) is 2. The summed E-state index contributed by atoms with van der Waals surface area (Å²) >= 11 is 6.43. The van der Waals surface area contributed by atoms with Gasteiger partial charge in [0.15, 0.2) is 3.95 Å². The van der Waals surface area contributed by atoms with Crippen molar-refractivity contribution in [3.05, 3.63) is 39.3 Å². The van der Waals surface area contributed by atoms with Gasteiger partial charge in [-0.25, -0.2) is 0 Å². The molecule has 0 saturated heterocycles. The van der Waals surface area contributed by atoms with Gasteiger partial charge in [0.2, 0.25) is 5.13 Å². The van der Waals surface area contributed by atoms with Crippen LogP contribution >= 0.6 is 23.6 Å². The molecule has 1 aromatic carbocycles. The maximum atomic E-state index is 4.97. The van der Waals surface area contributed by atoms with E-state index in [-0.39, 0.29) is 0 Å². The molecule has 0 aliphatic rings. The summed E-state index contributed by atoms with van der Waals surface area (Å²) in [6.45, 7) is 2.96. The molecule has 0 aliphatic carbocycles. The van der Waals surface area contributed by atoms with Crippen molar-refractivity contribution < 1.29 is 0 Å². The molecule has 16 heavy (non-hydrogen) atoms. The van der Waals surface area contributed by atoms with Crippen molar-refractivity contribution in [3.8, 4) is 0 Å². The minimum absolute atomic E-state index is 0.700. The average molecular weight is 251 g/mol. The number of rotatable bonds is 4. The number of hydrogen-bond acceptors (Lipinski definition) is 4. The highest BCUT2D eigenvalue weighted by Crippen LogP contribution is 2.15. The number of H-pyrrole nitrogens is 1. The van der Waals surface area contributed by atoms with Gasteiger partial charge in [-0.1, -0.05) is 42.5 Å². The van der Waals surface area contributed by atoms with Crippen molar-refractivity contribution in [2.24, 2.45) is 0 Å². The molecule has 1 aromatic heterocycles. The molecule has 3 nitrogen and oxygen atoms in total. The summed E-state index contributed by atoms with van der Waals surface area (Å²) in [5.74, 6) is 0. The second-order valence-corrected chi connectivity index (χ2v) is 5.06. The zero-order valence-electron chi connectivity index (χ0n) is 8.99. The second-order valence-electron chi connectivity index (χ2n) is 3.39. The Morgan fingerprint density at radius 2 is 2.12 bits per heavy atom. The van der Waals surface area contributed by atoms with Gasteiger partial charge in [0.05, 0.1) is 0 Å². The van der Waals surface area contributed by atoms with Gasteiger partial charge >= 0.3 is 0 Å². The maximum Gasteiger partial charge on any atom is 0.204 e. The van der Waals surface area contributed by atoms with Crippen molar-refractivity contribution in [1.82, 2.24) is 10.2 Å². The largest absolute Gasteiger partial charge is 0.356 e. The molecule has 5 heteroatoms. The molecule has 2 N–H and O–H groups in total. The van der Waals surface area contributed by atoms with Crippen molar-refractivity contribution in [2.75, 3.05) is 5.32 Å². The molecule has 2 rings (SSSR count). The van der Waals surface area contributed by atoms with Gasteiger partial charge < -0.3 is 5.32 Å². The molecule has 84 valence electrons. The Kier molecular flexibility index (Phi) is 3.69. The van der Waals surface area contributed by atoms with Crippen LogP contribution in [0.25, 0.3) is 0 Å². The van der Waals surface area contributed by atoms with E-state index >= 15 is 0 Å². The summed E-state index contributed by atoms with van der Waals surface area (Å²) in [6, 6.07) is 8.42. The first-order valence-corrected chi connectivity index (χ1v) is 6.38. The van der Waals surface area contributed by atoms with Crippen LogP contribution in [0.15, 0.2) is 24.3 Å². The van der Waals surface area contributed by atoms with E-state index in [1.54, 1.807) is 0 Å². The minimum Gasteiger partial charge on any atom is -0.356 e. The van der Waals surface area contributed by atoms with Gasteiger partial charge in [0.25, 0.3) is 0 Å². The fraction of sp³-hybridized carbons (Fsp3) is 0.273. The topological polar surface area (TPSA) is 40.7 Å². The first kappa shape index (κ1) is 11.3. The lowest BCUT2D eigenvalue weighted by atomic mass is 10.1. The SMILES string of the molecule is CCc1ccccc1CNc1n[nH]c(=S)s1. The smallest absolute Gasteiger partial charge is 0.204 e. The number of aryl methyl sites for hydroxylation is 1. The molecular weight excluding hydrogens is 238 g/mol. The molecule has 1 heterocycles. The molecule has 0 aliphatic heterocycles. The van der Waals surface area contributed by atoms with E-state index in [1.165, 1.54) is 22.5 Å². The van der Waals surface area contributed by atoms with Crippen molar-refractivity contribution >= 4 is 28.7 Å². The highest BCUT2D eigenvalue weighted by Gasteiger charge is 2.01. The van der Waals surface area contributed by atoms with Crippen LogP contribution in [0.2, 0.25) is 0 Å². The Bertz CT molecular complexity index is 516. The normalized spacial score (nSPS) is 10.3. The number of anilines is 1. The van der Waals surface area contributed by atoms with Crippen molar-refractivity contribution in [2.45, 2.75) is 19.9 Å². The van der Waals surface area contributed by atoms with E-state index in [4.69, 9.17) is 12.2 Å². The van der Waals surface area contributed by atoms with Gasteiger partial charge in [-0.3, -0.25) is 5.10 Å². The summed E-state index contributed by atoms with van der Waals surface area (Å²) in [6.07, 6.45) is 1.05. The van der Waals surface area contributed by atoms with Gasteiger partial charge in [0, 0.05) is 6.54 Å². The number of benzene rings is 1. The van der Waals surface area contributed by atoms with Crippen LogP contribution in [-0.2, 0) is 13.0 Å². The highest BCUT2D eigenvalue weighted by molar-refractivity contribution is 7.73. The summed E-state index contributed by atoms with van der Waals surface area (Å²) in [4.78, 5) is 0. The molecule has 0 amide bonds. The monoisotopic (exact) mass is 251 g/mol. The van der Waals surface area contributed by atoms with Gasteiger partial charge in [-0.05, 0) is 29.8 Å². The van der Waals surface area contributed by atoms with E-state index in [1.807, 2.05) is 0 Å². The summed E-state index contributed by atoms with van der Waals surface area (Å²) in [5.41, 5.74) is 2.68. The van der Waals surface area contributed by atoms with Crippen molar-refractivity contribution in [1.29, 1.82) is 0 Å². The summed E-state index contributed by atoms with van der Waals surface area (Å²) < 4.78 is 0.700. The molecular formula is C11H13N3S2. The molecule has 0 atom stereocenters. The Labute approximate surface area is 104 Å². The first-order chi connectivity index (χ1) is 7.79. The Morgan fingerprint density at radius 3 is 2.75 bits per heavy atom. The lowest BCUT2D eigenvalue weighted by Crippen LogP contribution is -2.02. The molecule has 0 saturated carbocycles. The molecule has 0 unspecified atom stereocenters. The van der Waals surface area contributed by atoms with E-state index in [0.29, 0.717) is 3.95 Å². The minimum atomic E-state index is 0.700. The van der Waals surface area contributed by atoms with Crippen LogP contribution in [0.3, 0.4) is 0 Å². The van der Waals surface area contributed by atoms with Crippen LogP contribution in [0.5, 0.6) is 0 Å². The van der Waals surface area contributed by atoms with Crippen LogP contribution in [0.4, 0.5) is 5.13 Å². The Hall–Kier alpha value is -1.20. The standard InChI is InChI=1S/C11H13N3S2/c1-2-8-5-3-4-6-9(8)7-12-10-13-14-11(15)16-10/h3-6H,2,7H2,1H3,(H,12,13)(H,14,15). The van der Waals surface area contributed by atoms with Gasteiger partial charge in [-0.2, -0.15) is 0 Å². The third-order valence-electron chi connectivity index (χ3n) is 2.37. The summed E-state index contributed by atoms with van der Waals surface area (Å²) in [5, 5.41) is 10.9.